The van der Waals surface area contributed by atoms with Gasteiger partial charge in [0.05, 0.1) is 11.9 Å². The molecule has 3 unspecified atom stereocenters. The molecule has 5 heteroatoms. The van der Waals surface area contributed by atoms with Gasteiger partial charge in [0.15, 0.2) is 0 Å². The summed E-state index contributed by atoms with van der Waals surface area (Å²) in [6, 6.07) is 0. The normalized spacial score (nSPS) is 26.3. The van der Waals surface area contributed by atoms with E-state index in [0.717, 1.165) is 19.3 Å². The van der Waals surface area contributed by atoms with Gasteiger partial charge in [-0.15, -0.1) is 0 Å². The number of nitrogens with zero attached hydrogens (tertiary/aromatic N) is 1. The quantitative estimate of drug-likeness (QED) is 0.678. The molecule has 120 valence electrons. The predicted molar refractivity (Wildman–Crippen MR) is 82.7 cm³/mol. The summed E-state index contributed by atoms with van der Waals surface area (Å²) in [7, 11) is -3.36. The van der Waals surface area contributed by atoms with Crippen molar-refractivity contribution < 1.29 is 12.8 Å². The highest BCUT2D eigenvalue weighted by Gasteiger charge is 2.36. The lowest BCUT2D eigenvalue weighted by molar-refractivity contribution is 0.343. The SMILES string of the molecule is CCCCCC1CC(CS(=O)(=O)c2ncco2)CC1CC. The predicted octanol–water partition coefficient (Wildman–Crippen LogP) is 4.08. The van der Waals surface area contributed by atoms with Gasteiger partial charge in [0.2, 0.25) is 9.84 Å². The molecule has 1 saturated carbocycles. The third kappa shape index (κ3) is 4.31. The lowest BCUT2D eigenvalue weighted by Crippen LogP contribution is -2.15. The number of sulfone groups is 1. The standard InChI is InChI=1S/C16H27NO3S/c1-3-5-6-7-15-11-13(10-14(15)4-2)12-21(18,19)16-17-8-9-20-16/h8-9,13-15H,3-7,10-12H2,1-2H3. The summed E-state index contributed by atoms with van der Waals surface area (Å²) in [6.45, 7) is 4.44. The van der Waals surface area contributed by atoms with E-state index in [1.54, 1.807) is 0 Å². The van der Waals surface area contributed by atoms with Gasteiger partial charge in [0.1, 0.15) is 6.26 Å². The van der Waals surface area contributed by atoms with Crippen LogP contribution in [0.5, 0.6) is 0 Å². The third-order valence-corrected chi connectivity index (χ3v) is 6.42. The average molecular weight is 313 g/mol. The summed E-state index contributed by atoms with van der Waals surface area (Å²) in [5.74, 6) is 1.84. The molecule has 1 aliphatic carbocycles. The van der Waals surface area contributed by atoms with E-state index in [2.05, 4.69) is 18.8 Å². The molecule has 21 heavy (non-hydrogen) atoms. The van der Waals surface area contributed by atoms with Crippen LogP contribution in [-0.4, -0.2) is 19.2 Å². The van der Waals surface area contributed by atoms with Gasteiger partial charge >= 0.3 is 5.22 Å². The molecule has 1 aromatic rings. The van der Waals surface area contributed by atoms with E-state index in [4.69, 9.17) is 4.42 Å². The zero-order chi connectivity index (χ0) is 15.3. The van der Waals surface area contributed by atoms with E-state index >= 15 is 0 Å². The molecule has 1 heterocycles. The first-order valence-corrected chi connectivity index (χ1v) is 9.84. The van der Waals surface area contributed by atoms with Crippen LogP contribution >= 0.6 is 0 Å². The molecule has 2 rings (SSSR count). The van der Waals surface area contributed by atoms with Crippen molar-refractivity contribution >= 4 is 9.84 Å². The van der Waals surface area contributed by atoms with Crippen LogP contribution in [0.4, 0.5) is 0 Å². The van der Waals surface area contributed by atoms with Gasteiger partial charge in [-0.2, -0.15) is 0 Å². The Morgan fingerprint density at radius 3 is 2.62 bits per heavy atom. The van der Waals surface area contributed by atoms with Crippen LogP contribution in [0.3, 0.4) is 0 Å². The summed E-state index contributed by atoms with van der Waals surface area (Å²) >= 11 is 0. The first-order valence-electron chi connectivity index (χ1n) is 8.19. The first-order chi connectivity index (χ1) is 10.1. The minimum absolute atomic E-state index is 0.120. The second kappa shape index (κ2) is 7.43. The maximum atomic E-state index is 12.3. The highest BCUT2D eigenvalue weighted by molar-refractivity contribution is 7.91. The average Bonchev–Trinajstić information content (AvgIpc) is 3.08. The molecule has 0 radical (unpaired) electrons. The Kier molecular flexibility index (Phi) is 5.85. The van der Waals surface area contributed by atoms with Crippen LogP contribution in [-0.2, 0) is 9.84 Å². The fraction of sp³-hybridized carbons (Fsp3) is 0.812. The lowest BCUT2D eigenvalue weighted by atomic mass is 9.89. The molecule has 0 N–H and O–H groups in total. The first kappa shape index (κ1) is 16.5. The number of hydrogen-bond donors (Lipinski definition) is 0. The highest BCUT2D eigenvalue weighted by Crippen LogP contribution is 2.42. The largest absolute Gasteiger partial charge is 0.437 e. The Hall–Kier alpha value is -0.840. The second-order valence-electron chi connectivity index (χ2n) is 6.34. The van der Waals surface area contributed by atoms with Crippen molar-refractivity contribution in [1.82, 2.24) is 4.98 Å². The molecular weight excluding hydrogens is 286 g/mol. The van der Waals surface area contributed by atoms with E-state index in [0.29, 0.717) is 11.8 Å². The van der Waals surface area contributed by atoms with Gasteiger partial charge < -0.3 is 4.42 Å². The molecule has 4 nitrogen and oxygen atoms in total. The molecule has 0 spiro atoms. The maximum absolute atomic E-state index is 12.3. The summed E-state index contributed by atoms with van der Waals surface area (Å²) in [6.07, 6.45) is 11.0. The number of aromatic nitrogens is 1. The number of unbranched alkanes of at least 4 members (excludes halogenated alkanes) is 2. The van der Waals surface area contributed by atoms with Crippen LogP contribution in [0, 0.1) is 17.8 Å². The molecule has 0 saturated heterocycles. The van der Waals surface area contributed by atoms with Gasteiger partial charge in [0.25, 0.3) is 0 Å². The Morgan fingerprint density at radius 2 is 2.00 bits per heavy atom. The van der Waals surface area contributed by atoms with Gasteiger partial charge in [-0.1, -0.05) is 46.0 Å². The maximum Gasteiger partial charge on any atom is 0.314 e. The number of oxazole rings is 1. The molecule has 0 aromatic carbocycles. The summed E-state index contributed by atoms with van der Waals surface area (Å²) in [5, 5.41) is -0.120. The van der Waals surface area contributed by atoms with E-state index in [1.807, 2.05) is 0 Å². The van der Waals surface area contributed by atoms with Crippen molar-refractivity contribution in [3.05, 3.63) is 12.5 Å². The monoisotopic (exact) mass is 313 g/mol. The zero-order valence-corrected chi connectivity index (χ0v) is 13.9. The van der Waals surface area contributed by atoms with Crippen LogP contribution in [0.15, 0.2) is 22.1 Å². The smallest absolute Gasteiger partial charge is 0.314 e. The minimum Gasteiger partial charge on any atom is -0.437 e. The van der Waals surface area contributed by atoms with E-state index in [9.17, 15) is 8.42 Å². The fourth-order valence-electron chi connectivity index (χ4n) is 3.73. The highest BCUT2D eigenvalue weighted by atomic mass is 32.2. The number of hydrogen-bond acceptors (Lipinski definition) is 4. The van der Waals surface area contributed by atoms with Crippen LogP contribution in [0.2, 0.25) is 0 Å². The van der Waals surface area contributed by atoms with Crippen molar-refractivity contribution in [1.29, 1.82) is 0 Å². The Bertz CT molecular complexity index is 510. The van der Waals surface area contributed by atoms with Gasteiger partial charge in [-0.3, -0.25) is 0 Å². The van der Waals surface area contributed by atoms with E-state index < -0.39 is 9.84 Å². The molecular formula is C16H27NO3S. The Morgan fingerprint density at radius 1 is 1.24 bits per heavy atom. The van der Waals surface area contributed by atoms with Gasteiger partial charge in [-0.05, 0) is 30.6 Å². The zero-order valence-electron chi connectivity index (χ0n) is 13.1. The summed E-state index contributed by atoms with van der Waals surface area (Å²) < 4.78 is 29.5. The second-order valence-corrected chi connectivity index (χ2v) is 8.25. The third-order valence-electron chi connectivity index (χ3n) is 4.77. The number of rotatable bonds is 8. The summed E-state index contributed by atoms with van der Waals surface area (Å²) in [5.41, 5.74) is 0. The molecule has 0 bridgehead atoms. The minimum atomic E-state index is -3.36. The Balaban J connectivity index is 1.93. The van der Waals surface area contributed by atoms with E-state index in [1.165, 1.54) is 38.1 Å². The molecule has 0 aliphatic heterocycles. The van der Waals surface area contributed by atoms with Crippen molar-refractivity contribution in [2.24, 2.45) is 17.8 Å². The lowest BCUT2D eigenvalue weighted by Gasteiger charge is -2.17. The fourth-order valence-corrected chi connectivity index (χ4v) is 5.19. The summed E-state index contributed by atoms with van der Waals surface area (Å²) in [4.78, 5) is 3.79. The van der Waals surface area contributed by atoms with Crippen LogP contribution < -0.4 is 0 Å². The van der Waals surface area contributed by atoms with Gasteiger partial charge in [0, 0.05) is 0 Å². The van der Waals surface area contributed by atoms with Crippen molar-refractivity contribution in [3.63, 3.8) is 0 Å². The molecule has 3 atom stereocenters. The topological polar surface area (TPSA) is 60.2 Å². The van der Waals surface area contributed by atoms with Crippen LogP contribution in [0.25, 0.3) is 0 Å². The van der Waals surface area contributed by atoms with Crippen molar-refractivity contribution in [2.45, 2.75) is 64.0 Å². The van der Waals surface area contributed by atoms with Crippen LogP contribution in [0.1, 0.15) is 58.8 Å². The van der Waals surface area contributed by atoms with Gasteiger partial charge in [-0.25, -0.2) is 13.4 Å². The molecule has 1 aliphatic rings. The Labute approximate surface area is 128 Å². The molecule has 0 amide bonds. The van der Waals surface area contributed by atoms with Crippen molar-refractivity contribution in [2.75, 3.05) is 5.75 Å². The molecule has 1 fully saturated rings. The van der Waals surface area contributed by atoms with E-state index in [-0.39, 0.29) is 16.9 Å². The van der Waals surface area contributed by atoms with Crippen molar-refractivity contribution in [3.8, 4) is 0 Å². The molecule has 1 aromatic heterocycles.